The standard InChI is InChI=1S/C27H29F3N2O4/c1-4-36-26(34)24-21(15-14-20(31)17-10-6-5-7-11-17)32-16(2)22(25(33)35-3)23(24)18-12-8-9-13-19(18)27(28,29)30/h5-13,20,22-23H,4,14-15,31H2,1-3H3. The molecule has 0 aliphatic carbocycles. The van der Waals surface area contributed by atoms with Crippen molar-refractivity contribution in [2.45, 2.75) is 44.8 Å². The van der Waals surface area contributed by atoms with Crippen LogP contribution in [0.5, 0.6) is 0 Å². The first kappa shape index (κ1) is 27.1. The minimum absolute atomic E-state index is 0.00162. The molecule has 0 saturated heterocycles. The Kier molecular flexibility index (Phi) is 8.68. The summed E-state index contributed by atoms with van der Waals surface area (Å²) in [6, 6.07) is 13.8. The van der Waals surface area contributed by atoms with Crippen LogP contribution in [0.25, 0.3) is 0 Å². The second-order valence-electron chi connectivity index (χ2n) is 8.45. The van der Waals surface area contributed by atoms with Crippen LogP contribution in [0.3, 0.4) is 0 Å². The lowest BCUT2D eigenvalue weighted by atomic mass is 9.73. The van der Waals surface area contributed by atoms with Crippen molar-refractivity contribution in [2.75, 3.05) is 13.7 Å². The van der Waals surface area contributed by atoms with Gasteiger partial charge in [-0.3, -0.25) is 9.79 Å². The van der Waals surface area contributed by atoms with Gasteiger partial charge in [-0.2, -0.15) is 13.2 Å². The van der Waals surface area contributed by atoms with Crippen molar-refractivity contribution in [3.63, 3.8) is 0 Å². The molecule has 192 valence electrons. The Morgan fingerprint density at radius 2 is 1.72 bits per heavy atom. The minimum atomic E-state index is -4.71. The Bertz CT molecular complexity index is 1160. The Morgan fingerprint density at radius 3 is 2.33 bits per heavy atom. The van der Waals surface area contributed by atoms with Crippen molar-refractivity contribution in [3.8, 4) is 0 Å². The van der Waals surface area contributed by atoms with Crippen molar-refractivity contribution < 1.29 is 32.2 Å². The van der Waals surface area contributed by atoms with Crippen LogP contribution in [0.1, 0.15) is 55.3 Å². The van der Waals surface area contributed by atoms with Crippen LogP contribution in [0.15, 0.2) is 70.9 Å². The maximum Gasteiger partial charge on any atom is 0.416 e. The molecule has 2 aromatic rings. The molecule has 1 heterocycles. The van der Waals surface area contributed by atoms with Gasteiger partial charge in [0.2, 0.25) is 0 Å². The Balaban J connectivity index is 2.18. The summed E-state index contributed by atoms with van der Waals surface area (Å²) >= 11 is 0. The van der Waals surface area contributed by atoms with Crippen LogP contribution >= 0.6 is 0 Å². The van der Waals surface area contributed by atoms with Gasteiger partial charge in [0.05, 0.1) is 30.6 Å². The molecular weight excluding hydrogens is 473 g/mol. The van der Waals surface area contributed by atoms with Crippen LogP contribution in [0.2, 0.25) is 0 Å². The lowest BCUT2D eigenvalue weighted by Crippen LogP contribution is -2.37. The number of rotatable bonds is 8. The van der Waals surface area contributed by atoms with Crippen molar-refractivity contribution in [2.24, 2.45) is 16.6 Å². The van der Waals surface area contributed by atoms with Crippen LogP contribution in [0, 0.1) is 5.92 Å². The van der Waals surface area contributed by atoms with Gasteiger partial charge in [-0.25, -0.2) is 4.79 Å². The lowest BCUT2D eigenvalue weighted by Gasteiger charge is -2.33. The summed E-state index contributed by atoms with van der Waals surface area (Å²) in [5.74, 6) is -4.15. The molecular formula is C27H29F3N2O4. The zero-order valence-corrected chi connectivity index (χ0v) is 20.3. The molecule has 1 aliphatic heterocycles. The van der Waals surface area contributed by atoms with E-state index in [-0.39, 0.29) is 35.6 Å². The number of esters is 2. The molecule has 2 aromatic carbocycles. The SMILES string of the molecule is CCOC(=O)C1=C(CCC(N)c2ccccc2)N=C(C)C(C(=O)OC)C1c1ccccc1C(F)(F)F. The summed E-state index contributed by atoms with van der Waals surface area (Å²) in [6.45, 7) is 3.14. The van der Waals surface area contributed by atoms with Crippen LogP contribution < -0.4 is 5.73 Å². The van der Waals surface area contributed by atoms with E-state index in [1.165, 1.54) is 18.2 Å². The number of nitrogens with two attached hydrogens (primary N) is 1. The summed E-state index contributed by atoms with van der Waals surface area (Å²) in [7, 11) is 1.14. The van der Waals surface area contributed by atoms with Gasteiger partial charge in [-0.15, -0.1) is 0 Å². The summed E-state index contributed by atoms with van der Waals surface area (Å²) in [5.41, 5.74) is 6.46. The largest absolute Gasteiger partial charge is 0.468 e. The van der Waals surface area contributed by atoms with E-state index in [1.54, 1.807) is 13.8 Å². The molecule has 2 N–H and O–H groups in total. The average molecular weight is 503 g/mol. The number of hydrogen-bond donors (Lipinski definition) is 1. The number of carbonyl (C=O) groups excluding carboxylic acids is 2. The Labute approximate surface area is 208 Å². The summed E-state index contributed by atoms with van der Waals surface area (Å²) in [5, 5.41) is 0. The van der Waals surface area contributed by atoms with Gasteiger partial charge in [0.1, 0.15) is 5.92 Å². The topological polar surface area (TPSA) is 91.0 Å². The predicted molar refractivity (Wildman–Crippen MR) is 129 cm³/mol. The quantitative estimate of drug-likeness (QED) is 0.492. The normalized spacial score (nSPS) is 18.9. The second-order valence-corrected chi connectivity index (χ2v) is 8.45. The Morgan fingerprint density at radius 1 is 1.08 bits per heavy atom. The number of allylic oxidation sites excluding steroid dienone is 1. The van der Waals surface area contributed by atoms with E-state index < -0.39 is 41.6 Å². The zero-order valence-electron chi connectivity index (χ0n) is 20.3. The maximum absolute atomic E-state index is 14.0. The van der Waals surface area contributed by atoms with E-state index in [4.69, 9.17) is 15.2 Å². The molecule has 0 amide bonds. The third-order valence-corrected chi connectivity index (χ3v) is 6.19. The number of nitrogens with zero attached hydrogens (tertiary/aromatic N) is 1. The van der Waals surface area contributed by atoms with Gasteiger partial charge in [-0.1, -0.05) is 48.5 Å². The monoisotopic (exact) mass is 502 g/mol. The summed E-state index contributed by atoms with van der Waals surface area (Å²) < 4.78 is 52.3. The smallest absolute Gasteiger partial charge is 0.416 e. The second kappa shape index (κ2) is 11.5. The average Bonchev–Trinajstić information content (AvgIpc) is 2.86. The molecule has 3 rings (SSSR count). The van der Waals surface area contributed by atoms with Crippen molar-refractivity contribution in [1.29, 1.82) is 0 Å². The first-order valence-electron chi connectivity index (χ1n) is 11.6. The van der Waals surface area contributed by atoms with E-state index in [0.717, 1.165) is 18.7 Å². The number of hydrogen-bond acceptors (Lipinski definition) is 6. The maximum atomic E-state index is 14.0. The third-order valence-electron chi connectivity index (χ3n) is 6.19. The molecule has 0 spiro atoms. The van der Waals surface area contributed by atoms with E-state index in [2.05, 4.69) is 4.99 Å². The van der Waals surface area contributed by atoms with Crippen molar-refractivity contribution >= 4 is 17.7 Å². The van der Waals surface area contributed by atoms with E-state index in [0.29, 0.717) is 6.42 Å². The summed E-state index contributed by atoms with van der Waals surface area (Å²) in [4.78, 5) is 30.6. The first-order valence-corrected chi connectivity index (χ1v) is 11.6. The molecule has 36 heavy (non-hydrogen) atoms. The number of aliphatic imine (C=N–C) groups is 1. The number of halogens is 3. The number of methoxy groups -OCH3 is 1. The zero-order chi connectivity index (χ0) is 26.5. The fourth-order valence-corrected chi connectivity index (χ4v) is 4.53. The predicted octanol–water partition coefficient (Wildman–Crippen LogP) is 5.35. The van der Waals surface area contributed by atoms with Gasteiger partial charge >= 0.3 is 18.1 Å². The highest BCUT2D eigenvalue weighted by Crippen LogP contribution is 2.45. The molecule has 0 saturated carbocycles. The van der Waals surface area contributed by atoms with E-state index in [9.17, 15) is 22.8 Å². The number of carbonyl (C=O) groups is 2. The van der Waals surface area contributed by atoms with Gasteiger partial charge < -0.3 is 15.2 Å². The van der Waals surface area contributed by atoms with Crippen LogP contribution in [-0.2, 0) is 25.2 Å². The molecule has 3 atom stereocenters. The molecule has 0 radical (unpaired) electrons. The summed E-state index contributed by atoms with van der Waals surface area (Å²) in [6.07, 6.45) is -4.15. The lowest BCUT2D eigenvalue weighted by molar-refractivity contribution is -0.145. The van der Waals surface area contributed by atoms with E-state index in [1.807, 2.05) is 30.3 Å². The highest BCUT2D eigenvalue weighted by molar-refractivity contribution is 6.07. The number of ether oxygens (including phenoxy) is 2. The molecule has 0 fully saturated rings. The highest BCUT2D eigenvalue weighted by Gasteiger charge is 2.46. The van der Waals surface area contributed by atoms with E-state index >= 15 is 0 Å². The van der Waals surface area contributed by atoms with Crippen LogP contribution in [-0.4, -0.2) is 31.4 Å². The van der Waals surface area contributed by atoms with Crippen molar-refractivity contribution in [3.05, 3.63) is 82.6 Å². The molecule has 3 unspecified atom stereocenters. The van der Waals surface area contributed by atoms with Gasteiger partial charge in [0.15, 0.2) is 0 Å². The number of benzene rings is 2. The van der Waals surface area contributed by atoms with Gasteiger partial charge in [0, 0.05) is 17.7 Å². The highest BCUT2D eigenvalue weighted by atomic mass is 19.4. The fraction of sp³-hybridized carbons (Fsp3) is 0.370. The minimum Gasteiger partial charge on any atom is -0.468 e. The van der Waals surface area contributed by atoms with Crippen molar-refractivity contribution in [1.82, 2.24) is 0 Å². The van der Waals surface area contributed by atoms with Crippen LogP contribution in [0.4, 0.5) is 13.2 Å². The van der Waals surface area contributed by atoms with Gasteiger partial charge in [-0.05, 0) is 43.9 Å². The Hall–Kier alpha value is -3.46. The fourth-order valence-electron chi connectivity index (χ4n) is 4.53. The number of alkyl halides is 3. The third kappa shape index (κ3) is 5.84. The molecule has 1 aliphatic rings. The molecule has 0 aromatic heterocycles. The first-order chi connectivity index (χ1) is 17.1. The molecule has 9 heteroatoms. The molecule has 0 bridgehead atoms. The van der Waals surface area contributed by atoms with Gasteiger partial charge in [0.25, 0.3) is 0 Å². The molecule has 6 nitrogen and oxygen atoms in total.